The molecule has 0 aliphatic rings. The van der Waals surface area contributed by atoms with Crippen LogP contribution in [0, 0.1) is 0 Å². The van der Waals surface area contributed by atoms with Gasteiger partial charge in [-0.1, -0.05) is 140 Å². The number of fused-ring (bicyclic) bond motifs is 4. The molecular weight excluding hydrogens is 581 g/mol. The van der Waals surface area contributed by atoms with Crippen LogP contribution in [-0.2, 0) is 0 Å². The molecule has 0 radical (unpaired) electrons. The van der Waals surface area contributed by atoms with Crippen molar-refractivity contribution in [3.05, 3.63) is 194 Å². The van der Waals surface area contributed by atoms with Gasteiger partial charge in [0.2, 0.25) is 0 Å². The summed E-state index contributed by atoms with van der Waals surface area (Å²) in [5, 5.41) is 4.94. The minimum Gasteiger partial charge on any atom is -0.310 e. The number of hydrogen-bond acceptors (Lipinski definition) is 1. The number of benzene rings is 8. The van der Waals surface area contributed by atoms with Crippen LogP contribution in [-0.4, -0.2) is 4.57 Å². The Morgan fingerprint density at radius 2 is 0.938 bits per heavy atom. The van der Waals surface area contributed by atoms with Crippen LogP contribution in [0.1, 0.15) is 0 Å². The fourth-order valence-corrected chi connectivity index (χ4v) is 7.10. The zero-order valence-corrected chi connectivity index (χ0v) is 26.4. The SMILES string of the molecule is c1ccc(-c2ccc(N(c3ccc4ccccc4c3)c3ccc4c5c(-c6ccccc6)cccc5n(-c5ccccc5)c4c3)cc2)cc1. The first-order valence-corrected chi connectivity index (χ1v) is 16.4. The van der Waals surface area contributed by atoms with Crippen LogP contribution in [0.4, 0.5) is 17.1 Å². The standard InChI is InChI=1S/C46H32N2/c1-4-13-33(14-5-1)35-23-26-39(27-24-35)47(40-28-25-34-15-10-11-18-37(34)31-40)41-29-30-43-45(32-41)48(38-19-8-3-9-20-38)44-22-12-21-42(46(43)44)36-16-6-2-7-17-36/h1-32H. The Morgan fingerprint density at radius 1 is 0.354 bits per heavy atom. The van der Waals surface area contributed by atoms with Crippen LogP contribution in [0.25, 0.3) is 60.5 Å². The predicted octanol–water partition coefficient (Wildman–Crippen LogP) is 12.7. The minimum atomic E-state index is 1.10. The molecule has 0 N–H and O–H groups in total. The third-order valence-corrected chi connectivity index (χ3v) is 9.36. The summed E-state index contributed by atoms with van der Waals surface area (Å²) in [4.78, 5) is 2.38. The molecule has 9 rings (SSSR count). The van der Waals surface area contributed by atoms with E-state index in [4.69, 9.17) is 0 Å². The van der Waals surface area contributed by atoms with Gasteiger partial charge in [-0.25, -0.2) is 0 Å². The van der Waals surface area contributed by atoms with Crippen LogP contribution in [0.3, 0.4) is 0 Å². The Morgan fingerprint density at radius 3 is 1.69 bits per heavy atom. The zero-order chi connectivity index (χ0) is 31.9. The van der Waals surface area contributed by atoms with Crippen molar-refractivity contribution in [3.8, 4) is 27.9 Å². The van der Waals surface area contributed by atoms with Crippen molar-refractivity contribution in [2.75, 3.05) is 4.90 Å². The molecule has 0 saturated carbocycles. The fourth-order valence-electron chi connectivity index (χ4n) is 7.10. The van der Waals surface area contributed by atoms with Gasteiger partial charge >= 0.3 is 0 Å². The van der Waals surface area contributed by atoms with Crippen molar-refractivity contribution in [2.45, 2.75) is 0 Å². The van der Waals surface area contributed by atoms with E-state index in [1.807, 2.05) is 0 Å². The van der Waals surface area contributed by atoms with Gasteiger partial charge < -0.3 is 9.47 Å². The summed E-state index contributed by atoms with van der Waals surface area (Å²) < 4.78 is 2.41. The van der Waals surface area contributed by atoms with Crippen LogP contribution in [0.5, 0.6) is 0 Å². The summed E-state index contributed by atoms with van der Waals surface area (Å²) >= 11 is 0. The third kappa shape index (κ3) is 4.83. The van der Waals surface area contributed by atoms with E-state index in [9.17, 15) is 0 Å². The summed E-state index contributed by atoms with van der Waals surface area (Å²) in [6.07, 6.45) is 0. The molecule has 0 spiro atoms. The van der Waals surface area contributed by atoms with Gasteiger partial charge in [0.05, 0.1) is 11.0 Å². The maximum atomic E-state index is 2.41. The average molecular weight is 613 g/mol. The van der Waals surface area contributed by atoms with Gasteiger partial charge in [0, 0.05) is 33.5 Å². The van der Waals surface area contributed by atoms with Crippen molar-refractivity contribution in [1.29, 1.82) is 0 Å². The molecule has 2 heteroatoms. The second-order valence-corrected chi connectivity index (χ2v) is 12.2. The highest BCUT2D eigenvalue weighted by Gasteiger charge is 2.20. The van der Waals surface area contributed by atoms with Gasteiger partial charge in [-0.15, -0.1) is 0 Å². The topological polar surface area (TPSA) is 8.17 Å². The Kier molecular flexibility index (Phi) is 6.84. The van der Waals surface area contributed by atoms with Gasteiger partial charge in [-0.3, -0.25) is 0 Å². The van der Waals surface area contributed by atoms with Gasteiger partial charge in [0.15, 0.2) is 0 Å². The van der Waals surface area contributed by atoms with E-state index in [1.165, 1.54) is 54.8 Å². The highest BCUT2D eigenvalue weighted by Crippen LogP contribution is 2.43. The molecule has 0 unspecified atom stereocenters. The molecule has 0 amide bonds. The second-order valence-electron chi connectivity index (χ2n) is 12.2. The Balaban J connectivity index is 1.29. The van der Waals surface area contributed by atoms with Crippen LogP contribution in [0.15, 0.2) is 194 Å². The first kappa shape index (κ1) is 27.9. The van der Waals surface area contributed by atoms with E-state index in [0.717, 1.165) is 22.7 Å². The van der Waals surface area contributed by atoms with Gasteiger partial charge in [-0.05, 0) is 87.6 Å². The van der Waals surface area contributed by atoms with Crippen molar-refractivity contribution in [2.24, 2.45) is 0 Å². The van der Waals surface area contributed by atoms with Crippen LogP contribution < -0.4 is 4.90 Å². The zero-order valence-electron chi connectivity index (χ0n) is 26.4. The van der Waals surface area contributed by atoms with Crippen LogP contribution >= 0.6 is 0 Å². The highest BCUT2D eigenvalue weighted by atomic mass is 15.1. The maximum absolute atomic E-state index is 2.41. The summed E-state index contributed by atoms with van der Waals surface area (Å²) in [6.45, 7) is 0. The lowest BCUT2D eigenvalue weighted by Crippen LogP contribution is -2.10. The summed E-state index contributed by atoms with van der Waals surface area (Å²) in [5.74, 6) is 0. The van der Waals surface area contributed by atoms with Crippen molar-refractivity contribution < 1.29 is 0 Å². The molecular formula is C46H32N2. The molecule has 0 fully saturated rings. The minimum absolute atomic E-state index is 1.10. The summed E-state index contributed by atoms with van der Waals surface area (Å²) in [5.41, 5.74) is 11.7. The molecule has 8 aromatic carbocycles. The van der Waals surface area contributed by atoms with E-state index < -0.39 is 0 Å². The molecule has 1 aromatic heterocycles. The van der Waals surface area contributed by atoms with E-state index in [-0.39, 0.29) is 0 Å². The van der Waals surface area contributed by atoms with E-state index in [2.05, 4.69) is 204 Å². The largest absolute Gasteiger partial charge is 0.310 e. The lowest BCUT2D eigenvalue weighted by molar-refractivity contribution is 1.18. The predicted molar refractivity (Wildman–Crippen MR) is 204 cm³/mol. The molecule has 0 saturated heterocycles. The lowest BCUT2D eigenvalue weighted by atomic mass is 9.99. The maximum Gasteiger partial charge on any atom is 0.0562 e. The van der Waals surface area contributed by atoms with Crippen molar-refractivity contribution in [1.82, 2.24) is 4.57 Å². The molecule has 0 aliphatic carbocycles. The molecule has 9 aromatic rings. The van der Waals surface area contributed by atoms with Crippen molar-refractivity contribution >= 4 is 49.6 Å². The van der Waals surface area contributed by atoms with Gasteiger partial charge in [-0.2, -0.15) is 0 Å². The lowest BCUT2D eigenvalue weighted by Gasteiger charge is -2.26. The summed E-state index contributed by atoms with van der Waals surface area (Å²) in [6, 6.07) is 69.9. The Hall–Kier alpha value is -6.38. The van der Waals surface area contributed by atoms with Crippen LogP contribution in [0.2, 0.25) is 0 Å². The first-order chi connectivity index (χ1) is 23.8. The van der Waals surface area contributed by atoms with Gasteiger partial charge in [0.25, 0.3) is 0 Å². The summed E-state index contributed by atoms with van der Waals surface area (Å²) in [7, 11) is 0. The number of anilines is 3. The number of aromatic nitrogens is 1. The average Bonchev–Trinajstić information content (AvgIpc) is 3.50. The van der Waals surface area contributed by atoms with E-state index >= 15 is 0 Å². The highest BCUT2D eigenvalue weighted by molar-refractivity contribution is 6.16. The molecule has 0 atom stereocenters. The van der Waals surface area contributed by atoms with E-state index in [0.29, 0.717) is 0 Å². The second kappa shape index (κ2) is 11.8. The third-order valence-electron chi connectivity index (χ3n) is 9.36. The molecule has 226 valence electrons. The van der Waals surface area contributed by atoms with Crippen molar-refractivity contribution in [3.63, 3.8) is 0 Å². The van der Waals surface area contributed by atoms with E-state index in [1.54, 1.807) is 0 Å². The number of rotatable bonds is 6. The number of hydrogen-bond donors (Lipinski definition) is 0. The Bertz CT molecular complexity index is 2530. The molecule has 1 heterocycles. The normalized spacial score (nSPS) is 11.3. The quantitative estimate of drug-likeness (QED) is 0.181. The number of para-hydroxylation sites is 1. The fraction of sp³-hybridized carbons (Fsp3) is 0. The molecule has 48 heavy (non-hydrogen) atoms. The monoisotopic (exact) mass is 612 g/mol. The smallest absolute Gasteiger partial charge is 0.0562 e. The molecule has 0 bridgehead atoms. The number of nitrogens with zero attached hydrogens (tertiary/aromatic N) is 2. The Labute approximate surface area is 280 Å². The van der Waals surface area contributed by atoms with Gasteiger partial charge in [0.1, 0.15) is 0 Å². The first-order valence-electron chi connectivity index (χ1n) is 16.4. The molecule has 0 aliphatic heterocycles. The molecule has 2 nitrogen and oxygen atoms in total.